The Morgan fingerprint density at radius 1 is 0.857 bits per heavy atom. The molecule has 0 heterocycles. The summed E-state index contributed by atoms with van der Waals surface area (Å²) in [6.45, 7) is 2.23. The van der Waals surface area contributed by atoms with E-state index in [1.807, 2.05) is 12.1 Å². The fraction of sp³-hybridized carbons (Fsp3) is 0.593. The Kier molecular flexibility index (Phi) is 8.41. The van der Waals surface area contributed by atoms with Gasteiger partial charge >= 0.3 is 0 Å². The number of nitriles is 1. The van der Waals surface area contributed by atoms with E-state index in [4.69, 9.17) is 5.26 Å². The maximum absolute atomic E-state index is 8.53. The number of hydrogen-bond acceptors (Lipinski definition) is 1. The van der Waals surface area contributed by atoms with Crippen LogP contribution in [0.25, 0.3) is 0 Å². The number of allylic oxidation sites excluding steroid dienone is 4. The Bertz CT molecular complexity index is 659. The molecule has 3 rings (SSSR count). The molecule has 0 aliphatic heterocycles. The minimum atomic E-state index is 0.731. The molecule has 1 nitrogen and oxygen atoms in total. The Morgan fingerprint density at radius 2 is 1.46 bits per heavy atom. The molecule has 2 fully saturated rings. The largest absolute Gasteiger partial charge is 0.193 e. The van der Waals surface area contributed by atoms with E-state index in [0.717, 1.165) is 30.1 Å². The topological polar surface area (TPSA) is 23.8 Å². The summed E-state index contributed by atoms with van der Waals surface area (Å²) in [7, 11) is 0. The van der Waals surface area contributed by atoms with Crippen molar-refractivity contribution >= 4 is 0 Å². The van der Waals surface area contributed by atoms with Crippen molar-refractivity contribution in [2.45, 2.75) is 83.5 Å². The summed E-state index contributed by atoms with van der Waals surface area (Å²) < 4.78 is 0. The van der Waals surface area contributed by atoms with E-state index in [2.05, 4.69) is 43.3 Å². The van der Waals surface area contributed by atoms with Crippen molar-refractivity contribution in [1.29, 1.82) is 5.26 Å². The van der Waals surface area contributed by atoms with E-state index >= 15 is 0 Å². The van der Waals surface area contributed by atoms with Crippen molar-refractivity contribution in [3.8, 4) is 6.07 Å². The van der Waals surface area contributed by atoms with Gasteiger partial charge in [-0.15, -0.1) is 0 Å². The van der Waals surface area contributed by atoms with Crippen LogP contribution in [0.15, 0.2) is 48.6 Å². The lowest BCUT2D eigenvalue weighted by molar-refractivity contribution is 0.246. The van der Waals surface area contributed by atoms with Crippen molar-refractivity contribution in [2.75, 3.05) is 0 Å². The van der Waals surface area contributed by atoms with E-state index in [1.165, 1.54) is 69.8 Å². The summed E-state index contributed by atoms with van der Waals surface area (Å²) in [6.07, 6.45) is 22.9. The molecule has 1 heteroatoms. The van der Waals surface area contributed by atoms with Gasteiger partial charge in [0.15, 0.2) is 0 Å². The van der Waals surface area contributed by atoms with Crippen molar-refractivity contribution in [3.05, 3.63) is 59.7 Å². The summed E-state index contributed by atoms with van der Waals surface area (Å²) in [6, 6.07) is 11.5. The monoisotopic (exact) mass is 375 g/mol. The molecular formula is C27H37N. The Balaban J connectivity index is 1.33. The zero-order chi connectivity index (χ0) is 19.6. The lowest BCUT2D eigenvalue weighted by atomic mass is 9.74. The van der Waals surface area contributed by atoms with Gasteiger partial charge in [0.1, 0.15) is 0 Å². The standard InChI is InChI=1S/C27H37N/c1-2-22-13-17-26(18-14-22)27-19-15-25(16-20-27)12-11-24-9-7-23(8-10-24)6-4-3-5-21-28/h3-6,13-14,17-18,23-25,27H,2,7-12,15-16,19-20H2,1H3/b5-3+,6-4+/t23-,24-,25-,27-. The van der Waals surface area contributed by atoms with Gasteiger partial charge in [-0.05, 0) is 92.6 Å². The first-order chi connectivity index (χ1) is 13.8. The van der Waals surface area contributed by atoms with E-state index in [-0.39, 0.29) is 0 Å². The molecule has 2 aliphatic rings. The van der Waals surface area contributed by atoms with Crippen LogP contribution < -0.4 is 0 Å². The first kappa shape index (κ1) is 20.9. The molecule has 2 saturated carbocycles. The first-order valence-corrected chi connectivity index (χ1v) is 11.6. The molecular weight excluding hydrogens is 338 g/mol. The Morgan fingerprint density at radius 3 is 2.04 bits per heavy atom. The Hall–Kier alpha value is -1.81. The van der Waals surface area contributed by atoms with Crippen LogP contribution >= 0.6 is 0 Å². The second kappa shape index (κ2) is 11.3. The van der Waals surface area contributed by atoms with Gasteiger partial charge in [0.2, 0.25) is 0 Å². The SMILES string of the molecule is CCc1ccc([C@H]2CC[C@H](CC[C@H]3CC[C@H](/C=C/C=C/C#N)CC3)CC2)cc1. The zero-order valence-electron chi connectivity index (χ0n) is 17.7. The summed E-state index contributed by atoms with van der Waals surface area (Å²) in [5.74, 6) is 3.46. The van der Waals surface area contributed by atoms with Gasteiger partial charge in [-0.3, -0.25) is 0 Å². The fourth-order valence-electron chi connectivity index (χ4n) is 5.27. The quantitative estimate of drug-likeness (QED) is 0.353. The molecule has 0 radical (unpaired) electrons. The van der Waals surface area contributed by atoms with Crippen LogP contribution in [0.2, 0.25) is 0 Å². The average molecular weight is 376 g/mol. The van der Waals surface area contributed by atoms with E-state index in [9.17, 15) is 0 Å². The maximum atomic E-state index is 8.53. The molecule has 2 aliphatic carbocycles. The van der Waals surface area contributed by atoms with Crippen molar-refractivity contribution in [3.63, 3.8) is 0 Å². The molecule has 0 atom stereocenters. The van der Waals surface area contributed by atoms with Gasteiger partial charge < -0.3 is 0 Å². The summed E-state index contributed by atoms with van der Waals surface area (Å²) >= 11 is 0. The average Bonchev–Trinajstić information content (AvgIpc) is 2.76. The third kappa shape index (κ3) is 6.37. The summed E-state index contributed by atoms with van der Waals surface area (Å²) in [4.78, 5) is 0. The first-order valence-electron chi connectivity index (χ1n) is 11.6. The lowest BCUT2D eigenvalue weighted by Gasteiger charge is -2.31. The summed E-state index contributed by atoms with van der Waals surface area (Å²) in [5, 5.41) is 8.53. The third-order valence-corrected chi connectivity index (χ3v) is 7.25. The highest BCUT2D eigenvalue weighted by atomic mass is 14.3. The van der Waals surface area contributed by atoms with E-state index in [1.54, 1.807) is 11.6 Å². The van der Waals surface area contributed by atoms with Crippen LogP contribution in [0, 0.1) is 29.1 Å². The third-order valence-electron chi connectivity index (χ3n) is 7.25. The second-order valence-electron chi connectivity index (χ2n) is 9.04. The van der Waals surface area contributed by atoms with Gasteiger partial charge in [0.25, 0.3) is 0 Å². The van der Waals surface area contributed by atoms with Gasteiger partial charge in [-0.1, -0.05) is 62.3 Å². The molecule has 0 saturated heterocycles. The molecule has 1 aromatic rings. The van der Waals surface area contributed by atoms with Gasteiger partial charge in [0.05, 0.1) is 6.07 Å². The number of hydrogen-bond donors (Lipinski definition) is 0. The van der Waals surface area contributed by atoms with Crippen LogP contribution in [0.3, 0.4) is 0 Å². The molecule has 28 heavy (non-hydrogen) atoms. The Labute approximate surface area is 172 Å². The highest BCUT2D eigenvalue weighted by Gasteiger charge is 2.24. The molecule has 1 aromatic carbocycles. The van der Waals surface area contributed by atoms with Crippen LogP contribution in [0.5, 0.6) is 0 Å². The second-order valence-corrected chi connectivity index (χ2v) is 9.04. The molecule has 150 valence electrons. The van der Waals surface area contributed by atoms with Crippen molar-refractivity contribution < 1.29 is 0 Å². The van der Waals surface area contributed by atoms with Gasteiger partial charge in [0, 0.05) is 6.08 Å². The number of nitrogens with zero attached hydrogens (tertiary/aromatic N) is 1. The van der Waals surface area contributed by atoms with Crippen LogP contribution in [-0.4, -0.2) is 0 Å². The number of rotatable bonds is 7. The fourth-order valence-corrected chi connectivity index (χ4v) is 5.27. The molecule has 0 spiro atoms. The maximum Gasteiger partial charge on any atom is 0.0912 e. The smallest absolute Gasteiger partial charge is 0.0912 e. The van der Waals surface area contributed by atoms with Crippen LogP contribution in [0.1, 0.15) is 88.2 Å². The molecule has 0 bridgehead atoms. The van der Waals surface area contributed by atoms with E-state index < -0.39 is 0 Å². The van der Waals surface area contributed by atoms with Crippen molar-refractivity contribution in [2.24, 2.45) is 17.8 Å². The minimum absolute atomic E-state index is 0.731. The highest BCUT2D eigenvalue weighted by Crippen LogP contribution is 2.40. The number of benzene rings is 1. The highest BCUT2D eigenvalue weighted by molar-refractivity contribution is 5.25. The molecule has 0 aromatic heterocycles. The van der Waals surface area contributed by atoms with Crippen molar-refractivity contribution in [1.82, 2.24) is 0 Å². The molecule has 0 amide bonds. The molecule has 0 N–H and O–H groups in total. The lowest BCUT2D eigenvalue weighted by Crippen LogP contribution is -2.17. The number of aryl methyl sites for hydroxylation is 1. The normalized spacial score (nSPS) is 28.6. The van der Waals surface area contributed by atoms with Crippen LogP contribution in [-0.2, 0) is 6.42 Å². The van der Waals surface area contributed by atoms with E-state index in [0.29, 0.717) is 0 Å². The zero-order valence-corrected chi connectivity index (χ0v) is 17.7. The summed E-state index contributed by atoms with van der Waals surface area (Å²) in [5.41, 5.74) is 3.04. The van der Waals surface area contributed by atoms with Crippen LogP contribution in [0.4, 0.5) is 0 Å². The predicted molar refractivity (Wildman–Crippen MR) is 119 cm³/mol. The minimum Gasteiger partial charge on any atom is -0.193 e. The van der Waals surface area contributed by atoms with Gasteiger partial charge in [-0.2, -0.15) is 5.26 Å². The van der Waals surface area contributed by atoms with Gasteiger partial charge in [-0.25, -0.2) is 0 Å². The predicted octanol–water partition coefficient (Wildman–Crippen LogP) is 7.75. The molecule has 0 unspecified atom stereocenters.